The number of carbonyl (C=O) groups excluding carboxylic acids is 4. The van der Waals surface area contributed by atoms with Crippen LogP contribution in [0.25, 0.3) is 0 Å². The van der Waals surface area contributed by atoms with Gasteiger partial charge < -0.3 is 14.9 Å². The topological polar surface area (TPSA) is 127 Å². The fourth-order valence-corrected chi connectivity index (χ4v) is 3.90. The molecular weight excluding hydrogens is 368 g/mol. The quantitative estimate of drug-likeness (QED) is 0.679. The molecule has 1 atom stereocenters. The molecule has 10 nitrogen and oxygen atoms in total. The molecule has 3 aliphatic rings. The van der Waals surface area contributed by atoms with Crippen LogP contribution in [0, 0.1) is 0 Å². The zero-order valence-corrected chi connectivity index (χ0v) is 14.9. The van der Waals surface area contributed by atoms with Crippen LogP contribution in [0.2, 0.25) is 0 Å². The number of benzene rings is 1. The molecule has 1 aromatic carbocycles. The maximum Gasteiger partial charge on any atom is 0.407 e. The van der Waals surface area contributed by atoms with Crippen LogP contribution in [0.4, 0.5) is 10.5 Å². The minimum absolute atomic E-state index is 0.0633. The molecule has 3 heterocycles. The van der Waals surface area contributed by atoms with Gasteiger partial charge in [-0.1, -0.05) is 6.07 Å². The summed E-state index contributed by atoms with van der Waals surface area (Å²) in [4.78, 5) is 64.7. The van der Waals surface area contributed by atoms with Crippen LogP contribution < -0.4 is 10.2 Å². The number of amides is 5. The van der Waals surface area contributed by atoms with E-state index < -0.39 is 35.8 Å². The van der Waals surface area contributed by atoms with Crippen molar-refractivity contribution in [1.82, 2.24) is 15.1 Å². The third kappa shape index (κ3) is 2.77. The third-order valence-electron chi connectivity index (χ3n) is 5.34. The maximum atomic E-state index is 13.1. The van der Waals surface area contributed by atoms with Crippen LogP contribution in [0.3, 0.4) is 0 Å². The van der Waals surface area contributed by atoms with Crippen molar-refractivity contribution < 1.29 is 29.1 Å². The predicted molar refractivity (Wildman–Crippen MR) is 94.9 cm³/mol. The van der Waals surface area contributed by atoms with Gasteiger partial charge in [-0.15, -0.1) is 0 Å². The fourth-order valence-electron chi connectivity index (χ4n) is 3.90. The summed E-state index contributed by atoms with van der Waals surface area (Å²) in [6.07, 6.45) is -0.829. The number of rotatable bonds is 2. The van der Waals surface area contributed by atoms with Gasteiger partial charge in [0.25, 0.3) is 11.8 Å². The molecule has 2 fully saturated rings. The molecule has 0 bridgehead atoms. The van der Waals surface area contributed by atoms with Crippen molar-refractivity contribution in [1.29, 1.82) is 0 Å². The number of nitrogens with one attached hydrogen (secondary N) is 1. The van der Waals surface area contributed by atoms with E-state index in [1.54, 1.807) is 18.2 Å². The van der Waals surface area contributed by atoms with E-state index in [2.05, 4.69) is 5.32 Å². The minimum Gasteiger partial charge on any atom is -0.465 e. The lowest BCUT2D eigenvalue weighted by molar-refractivity contribution is -0.136. The van der Waals surface area contributed by atoms with Crippen molar-refractivity contribution in [2.24, 2.45) is 0 Å². The molecule has 3 aliphatic heterocycles. The zero-order chi connectivity index (χ0) is 20.0. The average Bonchev–Trinajstić information content (AvgIpc) is 2.93. The Bertz CT molecular complexity index is 905. The van der Waals surface area contributed by atoms with Crippen LogP contribution in [0.1, 0.15) is 33.6 Å². The minimum atomic E-state index is -1.01. The van der Waals surface area contributed by atoms with Gasteiger partial charge in [-0.25, -0.2) is 4.79 Å². The highest BCUT2D eigenvalue weighted by atomic mass is 16.4. The first-order valence-corrected chi connectivity index (χ1v) is 8.96. The highest BCUT2D eigenvalue weighted by molar-refractivity contribution is 6.25. The molecule has 1 aromatic rings. The van der Waals surface area contributed by atoms with E-state index in [-0.39, 0.29) is 37.1 Å². The average molecular weight is 386 g/mol. The van der Waals surface area contributed by atoms with Gasteiger partial charge in [0.05, 0.1) is 16.8 Å². The Balaban J connectivity index is 1.63. The lowest BCUT2D eigenvalue weighted by Crippen LogP contribution is -2.54. The van der Waals surface area contributed by atoms with Crippen LogP contribution >= 0.6 is 0 Å². The van der Waals surface area contributed by atoms with Gasteiger partial charge in [0.1, 0.15) is 6.04 Å². The fraction of sp³-hybridized carbons (Fsp3) is 0.389. The van der Waals surface area contributed by atoms with Crippen molar-refractivity contribution in [2.45, 2.75) is 18.9 Å². The summed E-state index contributed by atoms with van der Waals surface area (Å²) in [6, 6.07) is 3.91. The molecule has 2 saturated heterocycles. The van der Waals surface area contributed by atoms with Crippen molar-refractivity contribution in [2.75, 3.05) is 31.1 Å². The number of anilines is 1. The molecule has 1 unspecified atom stereocenters. The second-order valence-corrected chi connectivity index (χ2v) is 6.90. The normalized spacial score (nSPS) is 22.4. The van der Waals surface area contributed by atoms with Crippen LogP contribution in [0.15, 0.2) is 18.2 Å². The number of carbonyl (C=O) groups is 5. The monoisotopic (exact) mass is 386 g/mol. The summed E-state index contributed by atoms with van der Waals surface area (Å²) in [6.45, 7) is 1.36. The summed E-state index contributed by atoms with van der Waals surface area (Å²) < 4.78 is 0. The summed E-state index contributed by atoms with van der Waals surface area (Å²) in [7, 11) is 0. The highest BCUT2D eigenvalue weighted by Crippen LogP contribution is 2.34. The van der Waals surface area contributed by atoms with Crippen molar-refractivity contribution in [3.63, 3.8) is 0 Å². The number of piperidine rings is 1. The molecule has 5 amide bonds. The molecule has 0 radical (unpaired) electrons. The van der Waals surface area contributed by atoms with Gasteiger partial charge in [0, 0.05) is 32.6 Å². The van der Waals surface area contributed by atoms with Crippen molar-refractivity contribution in [3.8, 4) is 0 Å². The summed E-state index contributed by atoms with van der Waals surface area (Å²) >= 11 is 0. The number of carboxylic acid groups (broad SMARTS) is 1. The molecule has 0 aromatic heterocycles. The first kappa shape index (κ1) is 18.0. The standard InChI is InChI=1S/C18H18N4O6/c23-13-5-4-12(15(24)19-13)22-16(25)10-2-1-3-11(14(10)17(22)26)20-6-8-21(9-7-20)18(27)28/h1-3,12H,4-9H2,(H,27,28)(H,19,23,24). The van der Waals surface area contributed by atoms with Crippen LogP contribution in [0.5, 0.6) is 0 Å². The molecule has 146 valence electrons. The molecule has 4 rings (SSSR count). The van der Waals surface area contributed by atoms with Gasteiger partial charge in [0.15, 0.2) is 0 Å². The molecule has 0 aliphatic carbocycles. The first-order chi connectivity index (χ1) is 13.4. The molecule has 0 spiro atoms. The number of hydrogen-bond acceptors (Lipinski definition) is 6. The number of imide groups is 2. The number of hydrogen-bond donors (Lipinski definition) is 2. The van der Waals surface area contributed by atoms with Gasteiger partial charge in [-0.05, 0) is 18.6 Å². The lowest BCUT2D eigenvalue weighted by atomic mass is 10.0. The Kier molecular flexibility index (Phi) is 4.25. The van der Waals surface area contributed by atoms with E-state index in [0.717, 1.165) is 4.90 Å². The SMILES string of the molecule is O=C1CCC(N2C(=O)c3cccc(N4CCN(C(=O)O)CC4)c3C2=O)C(=O)N1. The molecular formula is C18H18N4O6. The zero-order valence-electron chi connectivity index (χ0n) is 14.9. The van der Waals surface area contributed by atoms with Crippen LogP contribution in [-0.2, 0) is 9.59 Å². The Morgan fingerprint density at radius 3 is 2.39 bits per heavy atom. The second kappa shape index (κ2) is 6.63. The summed E-state index contributed by atoms with van der Waals surface area (Å²) in [5, 5.41) is 11.3. The molecule has 10 heteroatoms. The van der Waals surface area contributed by atoms with Gasteiger partial charge in [-0.2, -0.15) is 0 Å². The summed E-state index contributed by atoms with van der Waals surface area (Å²) in [5.41, 5.74) is 0.990. The predicted octanol–water partition coefficient (Wildman–Crippen LogP) is -0.112. The van der Waals surface area contributed by atoms with Crippen molar-refractivity contribution >= 4 is 35.4 Å². The summed E-state index contributed by atoms with van der Waals surface area (Å²) in [5.74, 6) is -2.19. The van der Waals surface area contributed by atoms with Gasteiger partial charge in [0.2, 0.25) is 11.8 Å². The largest absolute Gasteiger partial charge is 0.465 e. The lowest BCUT2D eigenvalue weighted by Gasteiger charge is -2.35. The second-order valence-electron chi connectivity index (χ2n) is 6.90. The molecule has 0 saturated carbocycles. The van der Waals surface area contributed by atoms with Crippen LogP contribution in [-0.4, -0.2) is 76.8 Å². The van der Waals surface area contributed by atoms with Gasteiger partial charge >= 0.3 is 6.09 Å². The Morgan fingerprint density at radius 1 is 1.04 bits per heavy atom. The Labute approximate surface area is 159 Å². The smallest absolute Gasteiger partial charge is 0.407 e. The van der Waals surface area contributed by atoms with E-state index in [1.165, 1.54) is 4.90 Å². The van der Waals surface area contributed by atoms with E-state index in [4.69, 9.17) is 5.11 Å². The van der Waals surface area contributed by atoms with E-state index in [0.29, 0.717) is 18.8 Å². The number of nitrogens with zero attached hydrogens (tertiary/aromatic N) is 3. The van der Waals surface area contributed by atoms with E-state index in [1.807, 2.05) is 4.90 Å². The molecule has 2 N–H and O–H groups in total. The molecule has 28 heavy (non-hydrogen) atoms. The maximum absolute atomic E-state index is 13.1. The van der Waals surface area contributed by atoms with E-state index in [9.17, 15) is 24.0 Å². The van der Waals surface area contributed by atoms with E-state index >= 15 is 0 Å². The number of fused-ring (bicyclic) bond motifs is 1. The van der Waals surface area contributed by atoms with Gasteiger partial charge in [-0.3, -0.25) is 29.4 Å². The highest BCUT2D eigenvalue weighted by Gasteiger charge is 2.46. The Morgan fingerprint density at radius 2 is 1.75 bits per heavy atom. The Hall–Kier alpha value is -3.43. The van der Waals surface area contributed by atoms with Crippen molar-refractivity contribution in [3.05, 3.63) is 29.3 Å². The first-order valence-electron chi connectivity index (χ1n) is 8.96. The number of piperazine rings is 1. The third-order valence-corrected chi connectivity index (χ3v) is 5.34.